The maximum atomic E-state index is 13.5. The third-order valence-corrected chi connectivity index (χ3v) is 8.59. The molecule has 2 N–H and O–H groups in total. The van der Waals surface area contributed by atoms with Crippen LogP contribution in [0.4, 0.5) is 11.4 Å². The zero-order chi connectivity index (χ0) is 23.5. The number of rotatable bonds is 2. The molecule has 2 heterocycles. The number of fused-ring (bicyclic) bond motifs is 1. The van der Waals surface area contributed by atoms with Crippen molar-refractivity contribution >= 4 is 35.0 Å². The number of aromatic hydroxyl groups is 2. The molecule has 0 spiro atoms. The second-order valence-electron chi connectivity index (χ2n) is 9.80. The first-order valence-corrected chi connectivity index (χ1v) is 11.4. The Morgan fingerprint density at radius 1 is 0.529 bits per heavy atom. The number of phenols is 2. The Balaban J connectivity index is 1.27. The lowest BCUT2D eigenvalue weighted by Crippen LogP contribution is -2.63. The highest BCUT2D eigenvalue weighted by Crippen LogP contribution is 2.68. The Morgan fingerprint density at radius 2 is 0.882 bits per heavy atom. The number of amides is 4. The van der Waals surface area contributed by atoms with Gasteiger partial charge in [-0.15, -0.1) is 0 Å². The fraction of sp³-hybridized carbons (Fsp3) is 0.308. The van der Waals surface area contributed by atoms with Gasteiger partial charge in [0, 0.05) is 0 Å². The third-order valence-electron chi connectivity index (χ3n) is 8.59. The quantitative estimate of drug-likeness (QED) is 0.528. The van der Waals surface area contributed by atoms with Crippen LogP contribution in [0, 0.1) is 47.3 Å². The van der Waals surface area contributed by atoms with E-state index in [0.717, 1.165) is 9.80 Å². The van der Waals surface area contributed by atoms with Gasteiger partial charge in [-0.25, -0.2) is 9.80 Å². The zero-order valence-corrected chi connectivity index (χ0v) is 17.8. The summed E-state index contributed by atoms with van der Waals surface area (Å²) in [7, 11) is 0. The molecule has 8 rings (SSSR count). The second kappa shape index (κ2) is 6.34. The summed E-state index contributed by atoms with van der Waals surface area (Å²) >= 11 is 0. The van der Waals surface area contributed by atoms with Crippen LogP contribution in [0.3, 0.4) is 0 Å². The van der Waals surface area contributed by atoms with Crippen LogP contribution in [-0.4, -0.2) is 33.8 Å². The molecule has 4 aliphatic carbocycles. The first-order valence-electron chi connectivity index (χ1n) is 11.4. The van der Waals surface area contributed by atoms with Gasteiger partial charge < -0.3 is 10.2 Å². The molecule has 2 saturated heterocycles. The van der Waals surface area contributed by atoms with Gasteiger partial charge in [0.15, 0.2) is 0 Å². The van der Waals surface area contributed by atoms with E-state index in [4.69, 9.17) is 0 Å². The number of nitrogens with zero attached hydrogens (tertiary/aromatic N) is 2. The summed E-state index contributed by atoms with van der Waals surface area (Å²) < 4.78 is 0. The van der Waals surface area contributed by atoms with E-state index in [1.165, 1.54) is 12.1 Å². The van der Waals surface area contributed by atoms with Gasteiger partial charge in [-0.3, -0.25) is 19.2 Å². The molecule has 2 aromatic carbocycles. The van der Waals surface area contributed by atoms with Crippen molar-refractivity contribution in [1.82, 2.24) is 0 Å². The van der Waals surface area contributed by atoms with Crippen molar-refractivity contribution in [2.45, 2.75) is 0 Å². The van der Waals surface area contributed by atoms with E-state index in [-0.39, 0.29) is 70.2 Å². The monoisotopic (exact) mass is 456 g/mol. The Bertz CT molecular complexity index is 1290. The van der Waals surface area contributed by atoms with Gasteiger partial charge in [-0.2, -0.15) is 0 Å². The van der Waals surface area contributed by atoms with Gasteiger partial charge in [0.1, 0.15) is 11.5 Å². The maximum Gasteiger partial charge on any atom is 0.238 e. The fourth-order valence-corrected chi connectivity index (χ4v) is 7.38. The minimum Gasteiger partial charge on any atom is -0.506 e. The van der Waals surface area contributed by atoms with Crippen LogP contribution < -0.4 is 9.80 Å². The number of hydrogen-bond donors (Lipinski definition) is 2. The van der Waals surface area contributed by atoms with Crippen molar-refractivity contribution in [2.75, 3.05) is 9.80 Å². The van der Waals surface area contributed by atoms with E-state index in [2.05, 4.69) is 0 Å². The average molecular weight is 456 g/mol. The van der Waals surface area contributed by atoms with E-state index in [0.29, 0.717) is 0 Å². The summed E-state index contributed by atoms with van der Waals surface area (Å²) in [5.74, 6) is -5.23. The minimum absolute atomic E-state index is 0.143. The van der Waals surface area contributed by atoms with Crippen LogP contribution in [-0.2, 0) is 19.2 Å². The molecule has 0 unspecified atom stereocenters. The van der Waals surface area contributed by atoms with Crippen molar-refractivity contribution < 1.29 is 29.4 Å². The molecular formula is C26H20N2O6. The summed E-state index contributed by atoms with van der Waals surface area (Å²) in [6, 6.07) is 12.5. The van der Waals surface area contributed by atoms with E-state index >= 15 is 0 Å². The standard InChI is InChI=1S/C26H20N2O6/c29-15-7-3-1-5-13(15)27-23(31)19-11-9-10-12(20(19)24(27)32)18-17(11)21-22(18)26(34)28(25(21)33)14-6-2-4-8-16(14)30/h1-12,17-22,29-30H/t11-,12-,17-,18-,19-,20+,21-,22-/m1/s1. The number of phenolic OH excluding ortho intramolecular Hbond substituents is 2. The number of carbonyl (C=O) groups excluding carboxylic acids is 4. The molecule has 2 aromatic rings. The van der Waals surface area contributed by atoms with Crippen molar-refractivity contribution in [2.24, 2.45) is 47.3 Å². The molecule has 34 heavy (non-hydrogen) atoms. The van der Waals surface area contributed by atoms with Crippen LogP contribution in [0.25, 0.3) is 0 Å². The molecule has 8 heteroatoms. The number of benzene rings is 2. The normalized spacial score (nSPS) is 37.1. The predicted molar refractivity (Wildman–Crippen MR) is 118 cm³/mol. The van der Waals surface area contributed by atoms with Crippen LogP contribution in [0.2, 0.25) is 0 Å². The van der Waals surface area contributed by atoms with Crippen LogP contribution in [0.5, 0.6) is 11.5 Å². The molecule has 0 aromatic heterocycles. The molecule has 2 saturated carbocycles. The molecule has 4 fully saturated rings. The number of allylic oxidation sites excluding steroid dienone is 2. The fourth-order valence-electron chi connectivity index (χ4n) is 7.38. The first-order chi connectivity index (χ1) is 16.4. The van der Waals surface area contributed by atoms with E-state index in [1.807, 2.05) is 12.2 Å². The molecule has 8 atom stereocenters. The SMILES string of the molecule is O=C1[C@@H]2[C@@H]3C=C[C@@H]([C@@H]2C(=O)N1c1ccccc1O)[C@H]1[C@H]2C(=O)N(c4ccccc4O)C(=O)[C@@H]2[C@H]31. The second-order valence-corrected chi connectivity index (χ2v) is 9.80. The minimum atomic E-state index is -0.619. The Labute approximate surface area is 194 Å². The summed E-state index contributed by atoms with van der Waals surface area (Å²) in [4.78, 5) is 56.0. The van der Waals surface area contributed by atoms with Crippen molar-refractivity contribution in [3.63, 3.8) is 0 Å². The van der Waals surface area contributed by atoms with E-state index in [9.17, 15) is 29.4 Å². The summed E-state index contributed by atoms with van der Waals surface area (Å²) in [5.41, 5.74) is 0.332. The summed E-state index contributed by atoms with van der Waals surface area (Å²) in [6.45, 7) is 0. The number of imide groups is 2. The largest absolute Gasteiger partial charge is 0.506 e. The molecule has 8 nitrogen and oxygen atoms in total. The van der Waals surface area contributed by atoms with Gasteiger partial charge in [-0.1, -0.05) is 36.4 Å². The molecule has 6 aliphatic rings. The number of anilines is 2. The van der Waals surface area contributed by atoms with Crippen molar-refractivity contribution in [3.05, 3.63) is 60.7 Å². The Kier molecular flexibility index (Phi) is 3.64. The van der Waals surface area contributed by atoms with Gasteiger partial charge >= 0.3 is 0 Å². The zero-order valence-electron chi connectivity index (χ0n) is 17.8. The number of hydrogen-bond acceptors (Lipinski definition) is 6. The molecule has 4 amide bonds. The lowest BCUT2D eigenvalue weighted by molar-refractivity contribution is -0.166. The molecule has 2 aliphatic heterocycles. The van der Waals surface area contributed by atoms with Crippen molar-refractivity contribution in [1.29, 1.82) is 0 Å². The Hall–Kier alpha value is -3.94. The smallest absolute Gasteiger partial charge is 0.238 e. The maximum absolute atomic E-state index is 13.5. The predicted octanol–water partition coefficient (Wildman–Crippen LogP) is 2.07. The van der Waals surface area contributed by atoms with E-state index < -0.39 is 23.7 Å². The van der Waals surface area contributed by atoms with Gasteiger partial charge in [0.25, 0.3) is 0 Å². The molecule has 170 valence electrons. The van der Waals surface area contributed by atoms with Crippen LogP contribution in [0.1, 0.15) is 0 Å². The van der Waals surface area contributed by atoms with E-state index in [1.54, 1.807) is 36.4 Å². The first kappa shape index (κ1) is 19.5. The Morgan fingerprint density at radius 3 is 1.26 bits per heavy atom. The highest BCUT2D eigenvalue weighted by Gasteiger charge is 2.75. The lowest BCUT2D eigenvalue weighted by atomic mass is 9.40. The van der Waals surface area contributed by atoms with Crippen LogP contribution in [0.15, 0.2) is 60.7 Å². The number of carbonyl (C=O) groups is 4. The summed E-state index contributed by atoms with van der Waals surface area (Å²) in [6.07, 6.45) is 3.87. The third kappa shape index (κ3) is 2.09. The molecule has 2 bridgehead atoms. The average Bonchev–Trinajstić information content (AvgIpc) is 3.19. The van der Waals surface area contributed by atoms with Gasteiger partial charge in [-0.05, 0) is 47.9 Å². The highest BCUT2D eigenvalue weighted by molar-refractivity contribution is 6.25. The lowest BCUT2D eigenvalue weighted by Gasteiger charge is -2.60. The van der Waals surface area contributed by atoms with Crippen LogP contribution >= 0.6 is 0 Å². The number of para-hydroxylation sites is 4. The van der Waals surface area contributed by atoms with Gasteiger partial charge in [0.2, 0.25) is 23.6 Å². The topological polar surface area (TPSA) is 115 Å². The molecular weight excluding hydrogens is 436 g/mol. The van der Waals surface area contributed by atoms with Crippen molar-refractivity contribution in [3.8, 4) is 11.5 Å². The summed E-state index contributed by atoms with van der Waals surface area (Å²) in [5, 5.41) is 20.5. The van der Waals surface area contributed by atoms with Gasteiger partial charge in [0.05, 0.1) is 35.0 Å². The molecule has 0 radical (unpaired) electrons. The highest BCUT2D eigenvalue weighted by atomic mass is 16.3.